The molecule has 0 saturated carbocycles. The number of likely N-dealkylation sites (tertiary alicyclic amines) is 1. The fourth-order valence-electron chi connectivity index (χ4n) is 3.77. The van der Waals surface area contributed by atoms with Crippen molar-refractivity contribution in [3.8, 4) is 0 Å². The molecule has 0 aromatic heterocycles. The molecule has 2 amide bonds. The van der Waals surface area contributed by atoms with Crippen molar-refractivity contribution < 1.29 is 19.4 Å². The second-order valence-corrected chi connectivity index (χ2v) is 7.98. The van der Waals surface area contributed by atoms with Crippen LogP contribution in [0.15, 0.2) is 0 Å². The Labute approximate surface area is 150 Å². The van der Waals surface area contributed by atoms with Crippen LogP contribution in [0.2, 0.25) is 0 Å². The number of hydrogen-bond donors (Lipinski definition) is 1. The third-order valence-corrected chi connectivity index (χ3v) is 5.03. The molecule has 0 aromatic carbocycles. The normalized spacial score (nSPS) is 21.3. The van der Waals surface area contributed by atoms with Crippen molar-refractivity contribution in [1.29, 1.82) is 0 Å². The summed E-state index contributed by atoms with van der Waals surface area (Å²) in [7, 11) is 2.11. The Hall–Kier alpha value is -1.34. The summed E-state index contributed by atoms with van der Waals surface area (Å²) < 4.78 is 5.69. The van der Waals surface area contributed by atoms with Crippen LogP contribution in [0.3, 0.4) is 0 Å². The van der Waals surface area contributed by atoms with Crippen LogP contribution in [0.5, 0.6) is 0 Å². The summed E-state index contributed by atoms with van der Waals surface area (Å²) in [5, 5.41) is 9.42. The predicted octanol–water partition coefficient (Wildman–Crippen LogP) is 1.16. The average Bonchev–Trinajstić information content (AvgIpc) is 2.82. The van der Waals surface area contributed by atoms with Crippen molar-refractivity contribution in [2.45, 2.75) is 51.7 Å². The van der Waals surface area contributed by atoms with Crippen LogP contribution < -0.4 is 0 Å². The van der Waals surface area contributed by atoms with Crippen LogP contribution in [0.4, 0.5) is 4.79 Å². The van der Waals surface area contributed by atoms with Crippen LogP contribution in [-0.4, -0.2) is 89.8 Å². The zero-order valence-corrected chi connectivity index (χ0v) is 16.0. The molecule has 0 radical (unpaired) electrons. The van der Waals surface area contributed by atoms with E-state index in [0.717, 1.165) is 19.5 Å². The van der Waals surface area contributed by atoms with Gasteiger partial charge >= 0.3 is 6.09 Å². The average molecular weight is 355 g/mol. The van der Waals surface area contributed by atoms with Crippen molar-refractivity contribution in [3.05, 3.63) is 0 Å². The highest BCUT2D eigenvalue weighted by Gasteiger charge is 2.47. The molecular formula is C18H33N3O4. The van der Waals surface area contributed by atoms with Crippen LogP contribution >= 0.6 is 0 Å². The molecule has 0 aliphatic carbocycles. The lowest BCUT2D eigenvalue weighted by atomic mass is 9.91. The van der Waals surface area contributed by atoms with Gasteiger partial charge in [0.2, 0.25) is 0 Å². The van der Waals surface area contributed by atoms with Gasteiger partial charge in [-0.15, -0.1) is 0 Å². The highest BCUT2D eigenvalue weighted by Crippen LogP contribution is 2.33. The van der Waals surface area contributed by atoms with E-state index < -0.39 is 11.7 Å². The van der Waals surface area contributed by atoms with Crippen molar-refractivity contribution >= 4 is 12.0 Å². The predicted molar refractivity (Wildman–Crippen MR) is 95.2 cm³/mol. The Morgan fingerprint density at radius 2 is 1.96 bits per heavy atom. The van der Waals surface area contributed by atoms with Crippen LogP contribution in [0.1, 0.15) is 40.0 Å². The maximum atomic E-state index is 12.2. The van der Waals surface area contributed by atoms with E-state index in [1.54, 1.807) is 9.80 Å². The number of amides is 2. The summed E-state index contributed by atoms with van der Waals surface area (Å²) in [6.45, 7) is 10.3. The molecule has 2 heterocycles. The van der Waals surface area contributed by atoms with E-state index in [9.17, 15) is 14.7 Å². The molecule has 25 heavy (non-hydrogen) atoms. The Balaban J connectivity index is 1.77. The highest BCUT2D eigenvalue weighted by molar-refractivity contribution is 5.80. The first-order valence-electron chi connectivity index (χ1n) is 9.36. The molecule has 1 unspecified atom stereocenters. The Bertz CT molecular complexity index is 473. The van der Waals surface area contributed by atoms with Gasteiger partial charge < -0.3 is 24.5 Å². The van der Waals surface area contributed by atoms with Crippen LogP contribution in [0, 0.1) is 5.92 Å². The molecule has 2 rings (SSSR count). The minimum atomic E-state index is -0.973. The van der Waals surface area contributed by atoms with Crippen molar-refractivity contribution in [2.24, 2.45) is 5.92 Å². The molecule has 1 spiro atoms. The number of carbonyl (C=O) groups is 2. The van der Waals surface area contributed by atoms with E-state index in [1.165, 1.54) is 6.92 Å². The summed E-state index contributed by atoms with van der Waals surface area (Å²) in [4.78, 5) is 29.8. The molecule has 2 fully saturated rings. The summed E-state index contributed by atoms with van der Waals surface area (Å²) in [6, 6.07) is 0. The molecule has 2 saturated heterocycles. The lowest BCUT2D eigenvalue weighted by Crippen LogP contribution is -2.50. The molecule has 7 heteroatoms. The summed E-state index contributed by atoms with van der Waals surface area (Å²) in [5.41, 5.74) is -0.462. The van der Waals surface area contributed by atoms with E-state index in [0.29, 0.717) is 44.9 Å². The lowest BCUT2D eigenvalue weighted by molar-refractivity contribution is -0.142. The van der Waals surface area contributed by atoms with Gasteiger partial charge in [0, 0.05) is 39.0 Å². The molecule has 1 atom stereocenters. The maximum Gasteiger partial charge on any atom is 0.410 e. The SMILES string of the molecule is CC(C)CN(C)CCCN1CC2(CCN(C(=O)C(C)O)CC2)OC1=O. The fourth-order valence-corrected chi connectivity index (χ4v) is 3.77. The van der Waals surface area contributed by atoms with Gasteiger partial charge in [-0.1, -0.05) is 13.8 Å². The third-order valence-electron chi connectivity index (χ3n) is 5.03. The van der Waals surface area contributed by atoms with Gasteiger partial charge in [-0.3, -0.25) is 4.79 Å². The van der Waals surface area contributed by atoms with Crippen molar-refractivity contribution in [3.63, 3.8) is 0 Å². The molecule has 1 N–H and O–H groups in total. The summed E-state index contributed by atoms with van der Waals surface area (Å²) in [6.07, 6.45) is 1.00. The molecule has 0 bridgehead atoms. The number of piperidine rings is 1. The van der Waals surface area contributed by atoms with E-state index in [1.807, 2.05) is 0 Å². The topological polar surface area (TPSA) is 73.3 Å². The van der Waals surface area contributed by atoms with Gasteiger partial charge in [0.15, 0.2) is 0 Å². The largest absolute Gasteiger partial charge is 0.441 e. The standard InChI is InChI=1S/C18H33N3O4/c1-14(2)12-19(4)8-5-9-21-13-18(25-17(21)24)6-10-20(11-7-18)16(23)15(3)22/h14-15,22H,5-13H2,1-4H3. The third kappa shape index (κ3) is 5.31. The second kappa shape index (κ2) is 8.36. The molecule has 0 aromatic rings. The van der Waals surface area contributed by atoms with Crippen molar-refractivity contribution in [2.75, 3.05) is 46.3 Å². The fraction of sp³-hybridized carbons (Fsp3) is 0.889. The Morgan fingerprint density at radius 3 is 2.52 bits per heavy atom. The number of aliphatic hydroxyl groups is 1. The number of nitrogens with zero attached hydrogens (tertiary/aromatic N) is 3. The quantitative estimate of drug-likeness (QED) is 0.742. The molecule has 2 aliphatic rings. The van der Waals surface area contributed by atoms with Gasteiger partial charge in [0.25, 0.3) is 5.91 Å². The Morgan fingerprint density at radius 1 is 1.32 bits per heavy atom. The molecule has 144 valence electrons. The Kier molecular flexibility index (Phi) is 6.68. The number of carbonyl (C=O) groups excluding carboxylic acids is 2. The van der Waals surface area contributed by atoms with Gasteiger partial charge in [-0.25, -0.2) is 4.79 Å². The first-order valence-corrected chi connectivity index (χ1v) is 9.36. The lowest BCUT2D eigenvalue weighted by Gasteiger charge is -2.37. The van der Waals surface area contributed by atoms with E-state index in [-0.39, 0.29) is 12.0 Å². The number of aliphatic hydroxyl groups excluding tert-OH is 1. The maximum absolute atomic E-state index is 12.2. The molecule has 2 aliphatic heterocycles. The van der Waals surface area contributed by atoms with Gasteiger partial charge in [0.1, 0.15) is 11.7 Å². The van der Waals surface area contributed by atoms with E-state index >= 15 is 0 Å². The summed E-state index contributed by atoms with van der Waals surface area (Å²) >= 11 is 0. The first-order chi connectivity index (χ1) is 11.7. The van der Waals surface area contributed by atoms with E-state index in [4.69, 9.17) is 4.74 Å². The number of rotatable bonds is 7. The zero-order chi connectivity index (χ0) is 18.6. The smallest absolute Gasteiger partial charge is 0.410 e. The monoisotopic (exact) mass is 355 g/mol. The van der Waals surface area contributed by atoms with E-state index in [2.05, 4.69) is 25.8 Å². The van der Waals surface area contributed by atoms with Crippen LogP contribution in [-0.2, 0) is 9.53 Å². The van der Waals surface area contributed by atoms with Gasteiger partial charge in [-0.05, 0) is 32.9 Å². The van der Waals surface area contributed by atoms with Crippen molar-refractivity contribution in [1.82, 2.24) is 14.7 Å². The van der Waals surface area contributed by atoms with Gasteiger partial charge in [-0.2, -0.15) is 0 Å². The zero-order valence-electron chi connectivity index (χ0n) is 16.0. The minimum absolute atomic E-state index is 0.234. The van der Waals surface area contributed by atoms with Gasteiger partial charge in [0.05, 0.1) is 6.54 Å². The second-order valence-electron chi connectivity index (χ2n) is 7.98. The first kappa shape index (κ1) is 20.0. The summed E-state index contributed by atoms with van der Waals surface area (Å²) in [5.74, 6) is 0.392. The van der Waals surface area contributed by atoms with Crippen LogP contribution in [0.25, 0.3) is 0 Å². The minimum Gasteiger partial charge on any atom is -0.441 e. The molecular weight excluding hydrogens is 322 g/mol. The highest BCUT2D eigenvalue weighted by atomic mass is 16.6. The molecule has 7 nitrogen and oxygen atoms in total. The number of ether oxygens (including phenoxy) is 1. The number of hydrogen-bond acceptors (Lipinski definition) is 5.